The third-order valence-corrected chi connectivity index (χ3v) is 6.49. The number of carbonyl (C=O) groups excluding carboxylic acids is 2. The number of nitrogens with one attached hydrogen (secondary N) is 2. The Bertz CT molecular complexity index is 1230. The molecule has 1 heterocycles. The van der Waals surface area contributed by atoms with Gasteiger partial charge in [-0.15, -0.1) is 0 Å². The maximum absolute atomic E-state index is 13.1. The van der Waals surface area contributed by atoms with E-state index in [1.165, 1.54) is 35.4 Å². The molecule has 3 rings (SSSR count). The zero-order valence-corrected chi connectivity index (χ0v) is 19.7. The third-order valence-electron chi connectivity index (χ3n) is 4.82. The van der Waals surface area contributed by atoms with Crippen molar-refractivity contribution >= 4 is 39.1 Å². The van der Waals surface area contributed by atoms with Gasteiger partial charge in [0.2, 0.25) is 21.8 Å². The first kappa shape index (κ1) is 24.5. The lowest BCUT2D eigenvalue weighted by molar-refractivity contribution is -0.123. The van der Waals surface area contributed by atoms with Crippen molar-refractivity contribution < 1.29 is 22.4 Å². The number of amides is 2. The van der Waals surface area contributed by atoms with Gasteiger partial charge in [0.1, 0.15) is 12.3 Å². The molecule has 2 N–H and O–H groups in total. The van der Waals surface area contributed by atoms with Gasteiger partial charge in [-0.3, -0.25) is 9.59 Å². The van der Waals surface area contributed by atoms with Crippen LogP contribution in [0.1, 0.15) is 16.9 Å². The number of carbonyl (C=O) groups is 2. The molecule has 0 bridgehead atoms. The summed E-state index contributed by atoms with van der Waals surface area (Å²) < 4.78 is 32.6. The summed E-state index contributed by atoms with van der Waals surface area (Å²) in [7, 11) is -3.94. The van der Waals surface area contributed by atoms with Crippen molar-refractivity contribution in [2.75, 3.05) is 18.0 Å². The fraction of sp³-hybridized carbons (Fsp3) is 0.217. The lowest BCUT2D eigenvalue weighted by Crippen LogP contribution is -2.45. The molecule has 33 heavy (non-hydrogen) atoms. The molecule has 0 spiro atoms. The number of hydrogen-bond donors (Lipinski definition) is 2. The van der Waals surface area contributed by atoms with E-state index >= 15 is 0 Å². The minimum absolute atomic E-state index is 0.0195. The molecule has 0 atom stereocenters. The Labute approximate surface area is 197 Å². The maximum atomic E-state index is 13.1. The molecule has 0 saturated heterocycles. The Hall–Kier alpha value is -3.14. The Balaban J connectivity index is 1.75. The lowest BCUT2D eigenvalue weighted by atomic mass is 10.1. The summed E-state index contributed by atoms with van der Waals surface area (Å²) in [5, 5.41) is 3.09. The largest absolute Gasteiger partial charge is 0.467 e. The van der Waals surface area contributed by atoms with E-state index in [-0.39, 0.29) is 18.0 Å². The average molecular weight is 490 g/mol. The van der Waals surface area contributed by atoms with Gasteiger partial charge in [-0.25, -0.2) is 13.1 Å². The fourth-order valence-electron chi connectivity index (χ4n) is 3.16. The summed E-state index contributed by atoms with van der Waals surface area (Å²) in [6, 6.07) is 14.5. The molecule has 8 nitrogen and oxygen atoms in total. The third kappa shape index (κ3) is 6.67. The van der Waals surface area contributed by atoms with Crippen molar-refractivity contribution in [3.05, 3.63) is 82.8 Å². The molecule has 0 fully saturated rings. The molecule has 2 amide bonds. The summed E-state index contributed by atoms with van der Waals surface area (Å²) in [5.74, 6) is -0.420. The normalized spacial score (nSPS) is 11.2. The SMILES string of the molecule is Cc1ccc(N(CC(=O)NCc2ccco2)C(=O)CNS(=O)(=O)c2ccc(Cl)cc2)c(C)c1. The highest BCUT2D eigenvalue weighted by Crippen LogP contribution is 2.21. The molecule has 0 unspecified atom stereocenters. The molecule has 0 aliphatic heterocycles. The first-order chi connectivity index (χ1) is 15.7. The van der Waals surface area contributed by atoms with Gasteiger partial charge in [0.15, 0.2) is 0 Å². The van der Waals surface area contributed by atoms with Gasteiger partial charge in [0.25, 0.3) is 0 Å². The summed E-state index contributed by atoms with van der Waals surface area (Å²) in [4.78, 5) is 26.9. The Morgan fingerprint density at radius 1 is 1.06 bits per heavy atom. The standard InChI is InChI=1S/C23H24ClN3O5S/c1-16-5-10-21(17(2)12-16)27(15-22(28)25-13-19-4-3-11-32-19)23(29)14-26-33(30,31)20-8-6-18(24)7-9-20/h3-12,26H,13-15H2,1-2H3,(H,25,28). The van der Waals surface area contributed by atoms with Crippen LogP contribution in [0.15, 0.2) is 70.2 Å². The summed E-state index contributed by atoms with van der Waals surface area (Å²) in [6.45, 7) is 3.10. The van der Waals surface area contributed by atoms with Crippen LogP contribution in [0.25, 0.3) is 0 Å². The van der Waals surface area contributed by atoms with Crippen molar-refractivity contribution in [2.45, 2.75) is 25.3 Å². The molecule has 2 aromatic carbocycles. The quantitative estimate of drug-likeness (QED) is 0.480. The summed E-state index contributed by atoms with van der Waals surface area (Å²) in [5.41, 5.74) is 2.29. The second kappa shape index (κ2) is 10.7. The number of aryl methyl sites for hydroxylation is 2. The van der Waals surface area contributed by atoms with E-state index in [2.05, 4.69) is 10.0 Å². The fourth-order valence-corrected chi connectivity index (χ4v) is 4.26. The number of furan rings is 1. The first-order valence-corrected chi connectivity index (χ1v) is 11.9. The van der Waals surface area contributed by atoms with Crippen LogP contribution in [-0.2, 0) is 26.2 Å². The maximum Gasteiger partial charge on any atom is 0.242 e. The van der Waals surface area contributed by atoms with Gasteiger partial charge in [0, 0.05) is 10.7 Å². The highest BCUT2D eigenvalue weighted by atomic mass is 35.5. The first-order valence-electron chi connectivity index (χ1n) is 10.1. The molecular formula is C23H24ClN3O5S. The van der Waals surface area contributed by atoms with Crippen molar-refractivity contribution in [3.63, 3.8) is 0 Å². The Morgan fingerprint density at radius 2 is 1.79 bits per heavy atom. The van der Waals surface area contributed by atoms with Gasteiger partial charge in [-0.2, -0.15) is 0 Å². The lowest BCUT2D eigenvalue weighted by Gasteiger charge is -2.24. The van der Waals surface area contributed by atoms with E-state index in [1.54, 1.807) is 18.2 Å². The molecular weight excluding hydrogens is 466 g/mol. The van der Waals surface area contributed by atoms with Crippen LogP contribution in [0.4, 0.5) is 5.69 Å². The Morgan fingerprint density at radius 3 is 2.42 bits per heavy atom. The minimum atomic E-state index is -3.94. The average Bonchev–Trinajstić information content (AvgIpc) is 3.29. The number of anilines is 1. The Kier molecular flexibility index (Phi) is 7.91. The zero-order valence-electron chi connectivity index (χ0n) is 18.2. The van der Waals surface area contributed by atoms with Crippen molar-refractivity contribution in [3.8, 4) is 0 Å². The smallest absolute Gasteiger partial charge is 0.242 e. The van der Waals surface area contributed by atoms with E-state index < -0.39 is 28.4 Å². The molecule has 10 heteroatoms. The van der Waals surface area contributed by atoms with Crippen molar-refractivity contribution in [1.82, 2.24) is 10.0 Å². The van der Waals surface area contributed by atoms with Crippen LogP contribution in [-0.4, -0.2) is 33.3 Å². The van der Waals surface area contributed by atoms with Gasteiger partial charge in [-0.05, 0) is 61.9 Å². The topological polar surface area (TPSA) is 109 Å². The summed E-state index contributed by atoms with van der Waals surface area (Å²) in [6.07, 6.45) is 1.50. The van der Waals surface area contributed by atoms with Gasteiger partial charge in [-0.1, -0.05) is 29.3 Å². The summed E-state index contributed by atoms with van der Waals surface area (Å²) >= 11 is 5.81. The number of sulfonamides is 1. The second-order valence-corrected chi connectivity index (χ2v) is 9.61. The number of benzene rings is 2. The minimum Gasteiger partial charge on any atom is -0.467 e. The van der Waals surface area contributed by atoms with Crippen LogP contribution in [0.5, 0.6) is 0 Å². The predicted molar refractivity (Wildman–Crippen MR) is 125 cm³/mol. The molecule has 0 aliphatic carbocycles. The number of hydrogen-bond acceptors (Lipinski definition) is 5. The van der Waals surface area contributed by atoms with Gasteiger partial charge < -0.3 is 14.6 Å². The highest BCUT2D eigenvalue weighted by molar-refractivity contribution is 7.89. The number of rotatable bonds is 9. The van der Waals surface area contributed by atoms with Gasteiger partial charge in [0.05, 0.1) is 24.2 Å². The molecule has 174 valence electrons. The van der Waals surface area contributed by atoms with Crippen LogP contribution < -0.4 is 14.9 Å². The van der Waals surface area contributed by atoms with Crippen LogP contribution >= 0.6 is 11.6 Å². The zero-order chi connectivity index (χ0) is 24.0. The molecule has 0 saturated carbocycles. The van der Waals surface area contributed by atoms with E-state index in [1.807, 2.05) is 26.0 Å². The second-order valence-electron chi connectivity index (χ2n) is 7.40. The number of nitrogens with zero attached hydrogens (tertiary/aromatic N) is 1. The van der Waals surface area contributed by atoms with Crippen molar-refractivity contribution in [1.29, 1.82) is 0 Å². The van der Waals surface area contributed by atoms with Crippen LogP contribution in [0, 0.1) is 13.8 Å². The molecule has 0 aliphatic rings. The monoisotopic (exact) mass is 489 g/mol. The van der Waals surface area contributed by atoms with E-state index in [0.717, 1.165) is 11.1 Å². The number of halogens is 1. The highest BCUT2D eigenvalue weighted by Gasteiger charge is 2.23. The predicted octanol–water partition coefficient (Wildman–Crippen LogP) is 3.18. The molecule has 3 aromatic rings. The van der Waals surface area contributed by atoms with E-state index in [9.17, 15) is 18.0 Å². The van der Waals surface area contributed by atoms with Crippen LogP contribution in [0.2, 0.25) is 5.02 Å². The van der Waals surface area contributed by atoms with Crippen molar-refractivity contribution in [2.24, 2.45) is 0 Å². The van der Waals surface area contributed by atoms with E-state index in [4.69, 9.17) is 16.0 Å². The molecule has 1 aromatic heterocycles. The van der Waals surface area contributed by atoms with Gasteiger partial charge >= 0.3 is 0 Å². The van der Waals surface area contributed by atoms with E-state index in [0.29, 0.717) is 16.5 Å². The van der Waals surface area contributed by atoms with Crippen LogP contribution in [0.3, 0.4) is 0 Å². The molecule has 0 radical (unpaired) electrons.